The molecule has 1 aliphatic carbocycles. The summed E-state index contributed by atoms with van der Waals surface area (Å²) in [5.41, 5.74) is 3.24. The number of amides is 2. The quantitative estimate of drug-likeness (QED) is 0.587. The minimum absolute atomic E-state index is 0.0608. The summed E-state index contributed by atoms with van der Waals surface area (Å²) in [6, 6.07) is 6.07. The zero-order valence-corrected chi connectivity index (χ0v) is 17.3. The molecule has 2 unspecified atom stereocenters. The first-order valence-electron chi connectivity index (χ1n) is 9.29. The van der Waals surface area contributed by atoms with E-state index in [-0.39, 0.29) is 22.6 Å². The van der Waals surface area contributed by atoms with Crippen LogP contribution in [0, 0.1) is 16.7 Å². The molecule has 0 aliphatic heterocycles. The van der Waals surface area contributed by atoms with Crippen LogP contribution in [0.5, 0.6) is 5.75 Å². The largest absolute Gasteiger partial charge is 0.507 e. The molecular formula is C22H30N2O4. The zero-order valence-electron chi connectivity index (χ0n) is 17.3. The van der Waals surface area contributed by atoms with Crippen LogP contribution in [-0.2, 0) is 4.79 Å². The number of phenolic OH excluding ortho intramolecular Hbond substituents is 1. The van der Waals surface area contributed by atoms with Crippen molar-refractivity contribution in [1.82, 2.24) is 10.9 Å². The number of hydrazine groups is 1. The van der Waals surface area contributed by atoms with Gasteiger partial charge in [-0.2, -0.15) is 0 Å². The maximum atomic E-state index is 12.6. The molecule has 4 N–H and O–H groups in total. The summed E-state index contributed by atoms with van der Waals surface area (Å²) in [7, 11) is 0. The minimum atomic E-state index is -1.12. The predicted octanol–water partition coefficient (Wildman–Crippen LogP) is 3.09. The van der Waals surface area contributed by atoms with Crippen molar-refractivity contribution in [2.45, 2.75) is 47.1 Å². The van der Waals surface area contributed by atoms with Gasteiger partial charge in [-0.05, 0) is 23.0 Å². The molecule has 0 heterocycles. The van der Waals surface area contributed by atoms with E-state index in [0.29, 0.717) is 5.57 Å². The Kier molecular flexibility index (Phi) is 5.76. The van der Waals surface area contributed by atoms with E-state index in [0.717, 1.165) is 0 Å². The number of benzene rings is 1. The number of hydrogen-bond donors (Lipinski definition) is 4. The Morgan fingerprint density at radius 2 is 1.57 bits per heavy atom. The van der Waals surface area contributed by atoms with Crippen molar-refractivity contribution < 1.29 is 19.8 Å². The molecule has 0 aromatic heterocycles. The molecule has 1 aromatic rings. The normalized spacial score (nSPS) is 22.4. The number of para-hydroxylation sites is 1. The van der Waals surface area contributed by atoms with Gasteiger partial charge in [0.15, 0.2) is 0 Å². The predicted molar refractivity (Wildman–Crippen MR) is 108 cm³/mol. The first-order valence-corrected chi connectivity index (χ1v) is 9.29. The molecular weight excluding hydrogens is 356 g/mol. The first kappa shape index (κ1) is 21.7. The van der Waals surface area contributed by atoms with E-state index in [1.54, 1.807) is 30.4 Å². The summed E-state index contributed by atoms with van der Waals surface area (Å²) in [4.78, 5) is 24.7. The second kappa shape index (κ2) is 7.43. The van der Waals surface area contributed by atoms with Gasteiger partial charge in [0, 0.05) is 11.5 Å². The Balaban J connectivity index is 2.19. The van der Waals surface area contributed by atoms with Crippen LogP contribution in [0.4, 0.5) is 0 Å². The molecule has 1 aromatic carbocycles. The molecule has 0 radical (unpaired) electrons. The Hall–Kier alpha value is -2.60. The molecule has 152 valence electrons. The number of aliphatic hydroxyl groups is 1. The fraction of sp³-hybridized carbons (Fsp3) is 0.455. The van der Waals surface area contributed by atoms with E-state index in [1.807, 2.05) is 41.5 Å². The van der Waals surface area contributed by atoms with E-state index in [4.69, 9.17) is 0 Å². The van der Waals surface area contributed by atoms with E-state index >= 15 is 0 Å². The molecule has 2 rings (SSSR count). The van der Waals surface area contributed by atoms with Gasteiger partial charge in [0.25, 0.3) is 11.8 Å². The van der Waals surface area contributed by atoms with Crippen molar-refractivity contribution >= 4 is 11.8 Å². The fourth-order valence-corrected chi connectivity index (χ4v) is 3.38. The number of hydrogen-bond acceptors (Lipinski definition) is 4. The van der Waals surface area contributed by atoms with Gasteiger partial charge >= 0.3 is 0 Å². The molecule has 6 nitrogen and oxygen atoms in total. The number of carbonyl (C=O) groups is 2. The summed E-state index contributed by atoms with van der Waals surface area (Å²) in [5.74, 6) is -1.59. The Morgan fingerprint density at radius 1 is 1.00 bits per heavy atom. The van der Waals surface area contributed by atoms with Crippen molar-refractivity contribution in [1.29, 1.82) is 0 Å². The molecule has 2 amide bonds. The van der Waals surface area contributed by atoms with Crippen molar-refractivity contribution in [3.8, 4) is 5.75 Å². The van der Waals surface area contributed by atoms with Crippen molar-refractivity contribution in [3.63, 3.8) is 0 Å². The number of rotatable bonds is 2. The molecule has 6 heteroatoms. The van der Waals surface area contributed by atoms with Crippen LogP contribution in [0.3, 0.4) is 0 Å². The summed E-state index contributed by atoms with van der Waals surface area (Å²) in [5, 5.41) is 21.1. The van der Waals surface area contributed by atoms with E-state index < -0.39 is 22.8 Å². The van der Waals surface area contributed by atoms with E-state index in [1.165, 1.54) is 12.1 Å². The standard InChI is InChI=1S/C22H30N2O4/c1-20(2,3)17-13-14(11-12-22(17,28)21(4,5)6)18(26)23-24-19(27)15-9-7-8-10-16(15)25/h7-13,17,25,28H,1-6H3,(H,23,26)(H,24,27). The summed E-state index contributed by atoms with van der Waals surface area (Å²) in [6.07, 6.45) is 5.00. The van der Waals surface area contributed by atoms with Gasteiger partial charge in [0.1, 0.15) is 5.75 Å². The second-order valence-electron chi connectivity index (χ2n) is 9.30. The molecule has 0 saturated carbocycles. The lowest BCUT2D eigenvalue weighted by molar-refractivity contribution is -0.118. The molecule has 1 aliphatic rings. The Labute approximate surface area is 166 Å². The van der Waals surface area contributed by atoms with Gasteiger partial charge in [-0.25, -0.2) is 0 Å². The maximum Gasteiger partial charge on any atom is 0.273 e. The van der Waals surface area contributed by atoms with Crippen LogP contribution < -0.4 is 10.9 Å². The molecule has 0 spiro atoms. The highest BCUT2D eigenvalue weighted by atomic mass is 16.3. The SMILES string of the molecule is CC(C)(C)C1C=C(C(=O)NNC(=O)c2ccccc2O)C=CC1(O)C(C)(C)C. The zero-order chi connectivity index (χ0) is 21.3. The topological polar surface area (TPSA) is 98.7 Å². The Bertz CT molecular complexity index is 828. The lowest BCUT2D eigenvalue weighted by Crippen LogP contribution is -2.53. The van der Waals surface area contributed by atoms with Gasteiger partial charge < -0.3 is 10.2 Å². The summed E-state index contributed by atoms with van der Waals surface area (Å²) < 4.78 is 0. The molecule has 0 fully saturated rings. The van der Waals surface area contributed by atoms with Crippen molar-refractivity contribution in [2.24, 2.45) is 16.7 Å². The third-order valence-corrected chi connectivity index (χ3v) is 5.17. The van der Waals surface area contributed by atoms with E-state index in [9.17, 15) is 19.8 Å². The second-order valence-corrected chi connectivity index (χ2v) is 9.30. The smallest absolute Gasteiger partial charge is 0.273 e. The third-order valence-electron chi connectivity index (χ3n) is 5.17. The average molecular weight is 386 g/mol. The highest BCUT2D eigenvalue weighted by molar-refractivity contribution is 6.01. The van der Waals surface area contributed by atoms with Gasteiger partial charge in [0.2, 0.25) is 0 Å². The average Bonchev–Trinajstić information content (AvgIpc) is 2.58. The first-order chi connectivity index (χ1) is 12.8. The Morgan fingerprint density at radius 3 is 2.11 bits per heavy atom. The van der Waals surface area contributed by atoms with Crippen LogP contribution in [0.2, 0.25) is 0 Å². The molecule has 28 heavy (non-hydrogen) atoms. The fourth-order valence-electron chi connectivity index (χ4n) is 3.38. The summed E-state index contributed by atoms with van der Waals surface area (Å²) in [6.45, 7) is 11.9. The van der Waals surface area contributed by atoms with Crippen molar-refractivity contribution in [3.05, 3.63) is 53.6 Å². The molecule has 0 saturated heterocycles. The highest BCUT2D eigenvalue weighted by Crippen LogP contribution is 2.48. The van der Waals surface area contributed by atoms with Gasteiger partial charge in [-0.1, -0.05) is 71.9 Å². The van der Waals surface area contributed by atoms with E-state index in [2.05, 4.69) is 10.9 Å². The minimum Gasteiger partial charge on any atom is -0.507 e. The number of nitrogens with one attached hydrogen (secondary N) is 2. The maximum absolute atomic E-state index is 12.6. The number of phenols is 1. The van der Waals surface area contributed by atoms with Crippen LogP contribution in [0.15, 0.2) is 48.1 Å². The monoisotopic (exact) mass is 386 g/mol. The lowest BCUT2D eigenvalue weighted by atomic mass is 9.59. The number of aromatic hydroxyl groups is 1. The summed E-state index contributed by atoms with van der Waals surface area (Å²) >= 11 is 0. The van der Waals surface area contributed by atoms with Crippen LogP contribution >= 0.6 is 0 Å². The van der Waals surface area contributed by atoms with Gasteiger partial charge in [-0.15, -0.1) is 0 Å². The van der Waals surface area contributed by atoms with Crippen molar-refractivity contribution in [2.75, 3.05) is 0 Å². The number of carbonyl (C=O) groups excluding carboxylic acids is 2. The highest BCUT2D eigenvalue weighted by Gasteiger charge is 2.49. The lowest BCUT2D eigenvalue weighted by Gasteiger charge is -2.49. The van der Waals surface area contributed by atoms with Crippen LogP contribution in [0.25, 0.3) is 0 Å². The molecule has 0 bridgehead atoms. The van der Waals surface area contributed by atoms with Gasteiger partial charge in [0.05, 0.1) is 11.2 Å². The third kappa shape index (κ3) is 4.28. The molecule has 2 atom stereocenters. The van der Waals surface area contributed by atoms with Crippen LogP contribution in [-0.4, -0.2) is 27.6 Å². The van der Waals surface area contributed by atoms with Crippen LogP contribution in [0.1, 0.15) is 51.9 Å². The van der Waals surface area contributed by atoms with Gasteiger partial charge in [-0.3, -0.25) is 20.4 Å².